The van der Waals surface area contributed by atoms with E-state index in [9.17, 15) is 0 Å². The third-order valence-electron chi connectivity index (χ3n) is 28.3. The van der Waals surface area contributed by atoms with E-state index in [-0.39, 0.29) is 0 Å². The Hall–Kier alpha value is -19.2. The lowest BCUT2D eigenvalue weighted by molar-refractivity contribution is 1.07. The molecule has 660 valence electrons. The summed E-state index contributed by atoms with van der Waals surface area (Å²) < 4.78 is 14.4. The van der Waals surface area contributed by atoms with Crippen LogP contribution in [0.3, 0.4) is 0 Å². The molecule has 0 atom stereocenters. The molecule has 0 amide bonds. The zero-order valence-electron chi connectivity index (χ0n) is 76.4. The summed E-state index contributed by atoms with van der Waals surface area (Å²) in [5.41, 5.74) is 30.7. The fourth-order valence-corrected chi connectivity index (χ4v) is 22.4. The van der Waals surface area contributed by atoms with Crippen LogP contribution in [-0.4, -0.2) is 42.4 Å². The number of benzene rings is 21. The largest absolute Gasteiger partial charge is 0.310 e. The van der Waals surface area contributed by atoms with Crippen LogP contribution < -0.4 is 14.7 Å². The maximum absolute atomic E-state index is 5.89. The molecule has 7 aromatic heterocycles. The van der Waals surface area contributed by atoms with Crippen molar-refractivity contribution in [2.45, 2.75) is 0 Å². The van der Waals surface area contributed by atoms with Gasteiger partial charge in [0, 0.05) is 150 Å². The maximum atomic E-state index is 5.89. The lowest BCUT2D eigenvalue weighted by Gasteiger charge is -2.27. The Morgan fingerprint density at radius 2 is 0.326 bits per heavy atom. The predicted molar refractivity (Wildman–Crippen MR) is 586 cm³/mol. The number of nitrogens with zero attached hydrogens (tertiary/aromatic N) is 12. The summed E-state index contributed by atoms with van der Waals surface area (Å²) >= 11 is 0. The Bertz CT molecular complexity index is 8940. The Balaban J connectivity index is 0.685. The van der Waals surface area contributed by atoms with E-state index in [0.29, 0.717) is 17.5 Å². The lowest BCUT2D eigenvalue weighted by Crippen LogP contribution is -2.11. The van der Waals surface area contributed by atoms with Gasteiger partial charge in [0.1, 0.15) is 0 Å². The fraction of sp³-hybridized carbons (Fsp3) is 0. The quantitative estimate of drug-likeness (QED) is 0.0852. The topological polar surface area (TPSA) is 78.0 Å². The second-order valence-corrected chi connectivity index (χ2v) is 36.2. The van der Waals surface area contributed by atoms with Crippen molar-refractivity contribution in [3.8, 4) is 68.3 Å². The summed E-state index contributed by atoms with van der Waals surface area (Å²) in [6, 6.07) is 185. The van der Waals surface area contributed by atoms with Crippen molar-refractivity contribution in [2.75, 3.05) is 14.7 Å². The molecule has 141 heavy (non-hydrogen) atoms. The molecule has 7 heterocycles. The summed E-state index contributed by atoms with van der Waals surface area (Å²) in [7, 11) is 0. The molecule has 0 saturated heterocycles. The molecule has 28 rings (SSSR count). The third kappa shape index (κ3) is 13.0. The Kier molecular flexibility index (Phi) is 18.7. The van der Waals surface area contributed by atoms with Crippen molar-refractivity contribution in [2.24, 2.45) is 0 Å². The SMILES string of the molecule is c1ccc(-n2c3ccccc3c3cc(N(c4cccc(-c5nc(-c6cccc(N(c7ccc8c(c7)c7ccccc7n8-c7ccccc7)c7cccc8c7c7ccccc7n8-c7ccccc7)c6)nc(-c6cccc(N(c7ccc8c(c7)c7ccccc7n8-c7ccccc7)c7cccc8c7c7ccccc7n8-c7ccccc7)c6)n5)c4)c4cccc5c4c4ccccc4n5-c4ccccc4)ccc32)cc1. The molecule has 0 N–H and O–H groups in total. The van der Waals surface area contributed by atoms with E-state index < -0.39 is 0 Å². The van der Waals surface area contributed by atoms with Crippen molar-refractivity contribution in [1.82, 2.24) is 42.4 Å². The highest BCUT2D eigenvalue weighted by molar-refractivity contribution is 6.22. The van der Waals surface area contributed by atoms with Crippen LogP contribution in [0.1, 0.15) is 0 Å². The van der Waals surface area contributed by atoms with Crippen LogP contribution >= 0.6 is 0 Å². The highest BCUT2D eigenvalue weighted by Gasteiger charge is 2.30. The average Bonchev–Trinajstić information content (AvgIpc) is 1.58. The second-order valence-electron chi connectivity index (χ2n) is 36.2. The van der Waals surface area contributed by atoms with E-state index >= 15 is 0 Å². The number of para-hydroxylation sites is 12. The number of rotatable bonds is 18. The molecule has 0 fully saturated rings. The van der Waals surface area contributed by atoms with E-state index in [1.165, 1.54) is 0 Å². The molecular weight excluding hydrogens is 1720 g/mol. The highest BCUT2D eigenvalue weighted by atomic mass is 15.2. The van der Waals surface area contributed by atoms with E-state index in [1.54, 1.807) is 0 Å². The molecule has 0 aliphatic rings. The first kappa shape index (κ1) is 80.3. The average molecular weight is 1800 g/mol. The monoisotopic (exact) mass is 1800 g/mol. The van der Waals surface area contributed by atoms with Gasteiger partial charge in [0.15, 0.2) is 17.5 Å². The Morgan fingerprint density at radius 1 is 0.135 bits per heavy atom. The van der Waals surface area contributed by atoms with Gasteiger partial charge in [-0.05, 0) is 237 Å². The van der Waals surface area contributed by atoms with Crippen molar-refractivity contribution < 1.29 is 0 Å². The zero-order valence-corrected chi connectivity index (χ0v) is 76.4. The molecular formula is C129H84N12. The van der Waals surface area contributed by atoms with Crippen LogP contribution in [0.2, 0.25) is 0 Å². The minimum absolute atomic E-state index is 0.485. The van der Waals surface area contributed by atoms with Crippen molar-refractivity contribution >= 4 is 182 Å². The van der Waals surface area contributed by atoms with Gasteiger partial charge in [-0.15, -0.1) is 0 Å². The Labute approximate surface area is 811 Å². The van der Waals surface area contributed by atoms with Crippen molar-refractivity contribution in [1.29, 1.82) is 0 Å². The molecule has 21 aromatic carbocycles. The summed E-state index contributed by atoms with van der Waals surface area (Å²) in [6.45, 7) is 0. The Morgan fingerprint density at radius 3 is 0.582 bits per heavy atom. The number of hydrogen-bond donors (Lipinski definition) is 0. The summed E-state index contributed by atoms with van der Waals surface area (Å²) in [5.74, 6) is 1.46. The van der Waals surface area contributed by atoms with E-state index in [0.717, 1.165) is 233 Å². The minimum atomic E-state index is 0.485. The standard InChI is InChI=1S/C129H84N12/c1-7-40-88(41-8-1)136-109-61-25-19-55-100(109)106-82-97(73-76-115(106)136)133(118-67-34-70-121-124(118)103-58-22-28-64-112(103)139(121)91-46-13-4-14-47-91)94-52-31-37-85(79-94)127-130-128(86-38-32-53-95(80-86)134(98-74-77-116-107(83-98)101-56-20-26-62-110(101)137(116)89-42-9-2-10-43-89)119-68-35-71-122-125(119)104-59-23-29-65-113(104)140(122)92-48-15-5-16-49-92)132-129(131-127)87-39-33-54-96(81-87)135(99-75-78-117-108(84-99)102-57-21-27-63-111(102)138(117)90-44-11-3-12-45-90)120-69-36-72-123-126(120)105-60-24-30-66-114(105)141(123)93-50-17-6-18-51-93/h1-84H. The van der Waals surface area contributed by atoms with Crippen LogP contribution in [0.15, 0.2) is 510 Å². The van der Waals surface area contributed by atoms with Gasteiger partial charge in [-0.1, -0.05) is 273 Å². The van der Waals surface area contributed by atoms with Gasteiger partial charge in [0.2, 0.25) is 0 Å². The van der Waals surface area contributed by atoms with Gasteiger partial charge in [-0.25, -0.2) is 15.0 Å². The summed E-state index contributed by atoms with van der Waals surface area (Å²) in [5, 5.41) is 13.5. The molecule has 0 radical (unpaired) electrons. The van der Waals surface area contributed by atoms with Crippen molar-refractivity contribution in [3.05, 3.63) is 510 Å². The van der Waals surface area contributed by atoms with Crippen LogP contribution in [0.4, 0.5) is 51.2 Å². The zero-order chi connectivity index (χ0) is 92.7. The summed E-state index contributed by atoms with van der Waals surface area (Å²) in [6.07, 6.45) is 0. The predicted octanol–water partition coefficient (Wildman–Crippen LogP) is 33.9. The number of fused-ring (bicyclic) bond motifs is 18. The lowest BCUT2D eigenvalue weighted by atomic mass is 10.0. The molecule has 28 aromatic rings. The molecule has 12 nitrogen and oxygen atoms in total. The van der Waals surface area contributed by atoms with E-state index in [2.05, 4.69) is 552 Å². The molecule has 0 unspecified atom stereocenters. The minimum Gasteiger partial charge on any atom is -0.310 e. The number of aromatic nitrogens is 9. The van der Waals surface area contributed by atoms with Gasteiger partial charge in [-0.2, -0.15) is 0 Å². The molecule has 0 spiro atoms. The van der Waals surface area contributed by atoms with Gasteiger partial charge in [-0.3, -0.25) is 0 Å². The maximum Gasteiger partial charge on any atom is 0.164 e. The second kappa shape index (κ2) is 32.8. The van der Waals surface area contributed by atoms with Crippen LogP contribution in [-0.2, 0) is 0 Å². The first-order valence-electron chi connectivity index (χ1n) is 48.0. The van der Waals surface area contributed by atoms with Gasteiger partial charge < -0.3 is 42.1 Å². The molecule has 0 bridgehead atoms. The number of hydrogen-bond acceptors (Lipinski definition) is 6. The van der Waals surface area contributed by atoms with E-state index in [4.69, 9.17) is 15.0 Å². The highest BCUT2D eigenvalue weighted by Crippen LogP contribution is 2.52. The first-order valence-corrected chi connectivity index (χ1v) is 48.0. The molecule has 0 aliphatic heterocycles. The number of anilines is 9. The van der Waals surface area contributed by atoms with Crippen LogP contribution in [0, 0.1) is 0 Å². The van der Waals surface area contributed by atoms with Gasteiger partial charge >= 0.3 is 0 Å². The molecule has 0 saturated carbocycles. The third-order valence-corrected chi connectivity index (χ3v) is 28.3. The van der Waals surface area contributed by atoms with Crippen LogP contribution in [0.5, 0.6) is 0 Å². The molecule has 12 heteroatoms. The van der Waals surface area contributed by atoms with E-state index in [1.807, 2.05) is 0 Å². The van der Waals surface area contributed by atoms with Crippen molar-refractivity contribution in [3.63, 3.8) is 0 Å². The fourth-order valence-electron chi connectivity index (χ4n) is 22.4. The van der Waals surface area contributed by atoms with Gasteiger partial charge in [0.05, 0.1) is 83.3 Å². The first-order chi connectivity index (χ1) is 70.0. The molecule has 0 aliphatic carbocycles. The smallest absolute Gasteiger partial charge is 0.164 e. The normalized spacial score (nSPS) is 11.8. The van der Waals surface area contributed by atoms with Crippen LogP contribution in [0.25, 0.3) is 199 Å². The van der Waals surface area contributed by atoms with Gasteiger partial charge in [0.25, 0.3) is 0 Å². The summed E-state index contributed by atoms with van der Waals surface area (Å²) in [4.78, 5) is 25.0.